The van der Waals surface area contributed by atoms with Gasteiger partial charge in [-0.3, -0.25) is 9.78 Å². The number of nitrogens with one attached hydrogen (secondary N) is 1. The van der Waals surface area contributed by atoms with Crippen molar-refractivity contribution in [1.82, 2.24) is 15.2 Å². The van der Waals surface area contributed by atoms with E-state index in [0.717, 1.165) is 24.9 Å². The molecular weight excluding hydrogens is 214 g/mol. The zero-order chi connectivity index (χ0) is 12.3. The highest BCUT2D eigenvalue weighted by molar-refractivity contribution is 5.82. The molecule has 1 saturated heterocycles. The van der Waals surface area contributed by atoms with Gasteiger partial charge < -0.3 is 10.2 Å². The second-order valence-corrected chi connectivity index (χ2v) is 4.49. The molecule has 1 aromatic rings. The molecule has 0 saturated carbocycles. The van der Waals surface area contributed by atoms with Crippen LogP contribution in [-0.4, -0.2) is 35.4 Å². The summed E-state index contributed by atoms with van der Waals surface area (Å²) in [4.78, 5) is 18.3. The summed E-state index contributed by atoms with van der Waals surface area (Å²) in [5.41, 5.74) is 1.14. The maximum atomic E-state index is 12.2. The molecule has 2 heterocycles. The topological polar surface area (TPSA) is 45.2 Å². The van der Waals surface area contributed by atoms with Crippen LogP contribution < -0.4 is 5.32 Å². The molecule has 4 heteroatoms. The molecule has 0 aliphatic carbocycles. The summed E-state index contributed by atoms with van der Waals surface area (Å²) in [6.07, 6.45) is 5.73. The van der Waals surface area contributed by atoms with Crippen LogP contribution in [0.1, 0.15) is 31.4 Å². The SMILES string of the molecule is CNC(C)C(=O)N1CCCC1c1cccnc1. The minimum Gasteiger partial charge on any atom is -0.334 e. The van der Waals surface area contributed by atoms with Crippen LogP contribution in [0.15, 0.2) is 24.5 Å². The van der Waals surface area contributed by atoms with E-state index < -0.39 is 0 Å². The zero-order valence-corrected chi connectivity index (χ0v) is 10.4. The van der Waals surface area contributed by atoms with E-state index in [1.54, 1.807) is 6.20 Å². The van der Waals surface area contributed by atoms with E-state index in [1.165, 1.54) is 0 Å². The molecule has 2 atom stereocenters. The molecule has 0 spiro atoms. The lowest BCUT2D eigenvalue weighted by atomic mass is 10.1. The van der Waals surface area contributed by atoms with Crippen LogP contribution in [0.4, 0.5) is 0 Å². The van der Waals surface area contributed by atoms with E-state index in [9.17, 15) is 4.79 Å². The summed E-state index contributed by atoms with van der Waals surface area (Å²) in [7, 11) is 1.82. The molecule has 1 aliphatic heterocycles. The summed E-state index contributed by atoms with van der Waals surface area (Å²) in [6.45, 7) is 2.76. The largest absolute Gasteiger partial charge is 0.334 e. The molecule has 4 nitrogen and oxygen atoms in total. The molecule has 1 fully saturated rings. The number of aromatic nitrogens is 1. The zero-order valence-electron chi connectivity index (χ0n) is 10.4. The van der Waals surface area contributed by atoms with Crippen molar-refractivity contribution in [2.75, 3.05) is 13.6 Å². The van der Waals surface area contributed by atoms with E-state index in [4.69, 9.17) is 0 Å². The van der Waals surface area contributed by atoms with Crippen LogP contribution in [0, 0.1) is 0 Å². The average molecular weight is 233 g/mol. The summed E-state index contributed by atoms with van der Waals surface area (Å²) in [5, 5.41) is 3.01. The number of hydrogen-bond donors (Lipinski definition) is 1. The monoisotopic (exact) mass is 233 g/mol. The number of carbonyl (C=O) groups excluding carboxylic acids is 1. The first-order valence-electron chi connectivity index (χ1n) is 6.11. The lowest BCUT2D eigenvalue weighted by Crippen LogP contribution is -2.43. The minimum atomic E-state index is -0.118. The molecule has 17 heavy (non-hydrogen) atoms. The Morgan fingerprint density at radius 1 is 1.65 bits per heavy atom. The Morgan fingerprint density at radius 3 is 3.12 bits per heavy atom. The van der Waals surface area contributed by atoms with Crippen LogP contribution in [0.3, 0.4) is 0 Å². The number of nitrogens with zero attached hydrogens (tertiary/aromatic N) is 2. The molecule has 92 valence electrons. The van der Waals surface area contributed by atoms with Crippen molar-refractivity contribution in [3.8, 4) is 0 Å². The van der Waals surface area contributed by atoms with Gasteiger partial charge in [-0.2, -0.15) is 0 Å². The highest BCUT2D eigenvalue weighted by Gasteiger charge is 2.31. The van der Waals surface area contributed by atoms with E-state index in [-0.39, 0.29) is 18.0 Å². The van der Waals surface area contributed by atoms with Gasteiger partial charge in [-0.15, -0.1) is 0 Å². The average Bonchev–Trinajstić information content (AvgIpc) is 2.87. The lowest BCUT2D eigenvalue weighted by molar-refractivity contribution is -0.133. The van der Waals surface area contributed by atoms with Gasteiger partial charge in [0, 0.05) is 18.9 Å². The molecule has 2 rings (SSSR count). The Hall–Kier alpha value is -1.42. The number of amides is 1. The van der Waals surface area contributed by atoms with Crippen LogP contribution in [0.5, 0.6) is 0 Å². The highest BCUT2D eigenvalue weighted by Crippen LogP contribution is 2.31. The van der Waals surface area contributed by atoms with Crippen LogP contribution in [0.2, 0.25) is 0 Å². The number of pyridine rings is 1. The quantitative estimate of drug-likeness (QED) is 0.857. The highest BCUT2D eigenvalue weighted by atomic mass is 16.2. The molecule has 1 aliphatic rings. The van der Waals surface area contributed by atoms with E-state index in [1.807, 2.05) is 37.2 Å². The van der Waals surface area contributed by atoms with E-state index in [0.29, 0.717) is 0 Å². The van der Waals surface area contributed by atoms with Crippen LogP contribution >= 0.6 is 0 Å². The van der Waals surface area contributed by atoms with Gasteiger partial charge in [-0.25, -0.2) is 0 Å². The van der Waals surface area contributed by atoms with Crippen molar-refractivity contribution in [2.24, 2.45) is 0 Å². The number of carbonyl (C=O) groups is 1. The van der Waals surface area contributed by atoms with Gasteiger partial charge in [0.15, 0.2) is 0 Å². The minimum absolute atomic E-state index is 0.118. The Labute approximate surface area is 102 Å². The van der Waals surface area contributed by atoms with E-state index in [2.05, 4.69) is 10.3 Å². The molecule has 1 N–H and O–H groups in total. The first-order chi connectivity index (χ1) is 8.24. The smallest absolute Gasteiger partial charge is 0.239 e. The maximum absolute atomic E-state index is 12.2. The predicted molar refractivity (Wildman–Crippen MR) is 66.4 cm³/mol. The van der Waals surface area contributed by atoms with Crippen LogP contribution in [-0.2, 0) is 4.79 Å². The number of likely N-dealkylation sites (N-methyl/N-ethyl adjacent to an activating group) is 1. The van der Waals surface area contributed by atoms with Gasteiger partial charge in [0.05, 0.1) is 12.1 Å². The van der Waals surface area contributed by atoms with Crippen molar-refractivity contribution in [1.29, 1.82) is 0 Å². The molecular formula is C13H19N3O. The van der Waals surface area contributed by atoms with Crippen molar-refractivity contribution in [3.05, 3.63) is 30.1 Å². The van der Waals surface area contributed by atoms with Crippen molar-refractivity contribution in [3.63, 3.8) is 0 Å². The van der Waals surface area contributed by atoms with Gasteiger partial charge in [-0.1, -0.05) is 6.07 Å². The summed E-state index contributed by atoms with van der Waals surface area (Å²) in [6, 6.07) is 4.06. The molecule has 1 amide bonds. The summed E-state index contributed by atoms with van der Waals surface area (Å²) < 4.78 is 0. The van der Waals surface area contributed by atoms with Gasteiger partial charge in [0.1, 0.15) is 0 Å². The molecule has 0 radical (unpaired) electrons. The number of likely N-dealkylation sites (tertiary alicyclic amines) is 1. The Bertz CT molecular complexity index is 380. The van der Waals surface area contributed by atoms with Gasteiger partial charge >= 0.3 is 0 Å². The van der Waals surface area contributed by atoms with Crippen LogP contribution in [0.25, 0.3) is 0 Å². The molecule has 0 aromatic carbocycles. The second-order valence-electron chi connectivity index (χ2n) is 4.49. The third-order valence-electron chi connectivity index (χ3n) is 3.41. The lowest BCUT2D eigenvalue weighted by Gasteiger charge is -2.27. The third kappa shape index (κ3) is 2.47. The predicted octanol–water partition coefficient (Wildman–Crippen LogP) is 1.35. The Balaban J connectivity index is 2.15. The molecule has 1 aromatic heterocycles. The van der Waals surface area contributed by atoms with Crippen molar-refractivity contribution >= 4 is 5.91 Å². The first kappa shape index (κ1) is 12.0. The fourth-order valence-electron chi connectivity index (χ4n) is 2.32. The first-order valence-corrected chi connectivity index (χ1v) is 6.11. The summed E-state index contributed by atoms with van der Waals surface area (Å²) in [5.74, 6) is 0.179. The summed E-state index contributed by atoms with van der Waals surface area (Å²) >= 11 is 0. The number of rotatable bonds is 3. The number of hydrogen-bond acceptors (Lipinski definition) is 3. The Kier molecular flexibility index (Phi) is 3.74. The fourth-order valence-corrected chi connectivity index (χ4v) is 2.32. The molecule has 2 unspecified atom stereocenters. The third-order valence-corrected chi connectivity index (χ3v) is 3.41. The second kappa shape index (κ2) is 5.27. The fraction of sp³-hybridized carbons (Fsp3) is 0.538. The Morgan fingerprint density at radius 2 is 2.47 bits per heavy atom. The van der Waals surface area contributed by atoms with Gasteiger partial charge in [-0.05, 0) is 38.4 Å². The normalized spacial score (nSPS) is 21.5. The molecule has 0 bridgehead atoms. The van der Waals surface area contributed by atoms with Crippen molar-refractivity contribution < 1.29 is 4.79 Å². The van der Waals surface area contributed by atoms with Crippen molar-refractivity contribution in [2.45, 2.75) is 31.8 Å². The van der Waals surface area contributed by atoms with E-state index >= 15 is 0 Å². The maximum Gasteiger partial charge on any atom is 0.239 e. The van der Waals surface area contributed by atoms with Gasteiger partial charge in [0.25, 0.3) is 0 Å². The van der Waals surface area contributed by atoms with Gasteiger partial charge in [0.2, 0.25) is 5.91 Å². The standard InChI is InChI=1S/C13H19N3O/c1-10(14-2)13(17)16-8-4-6-12(16)11-5-3-7-15-9-11/h3,5,7,9-10,12,14H,4,6,8H2,1-2H3.